The molecule has 0 saturated carbocycles. The fourth-order valence-corrected chi connectivity index (χ4v) is 4.02. The van der Waals surface area contributed by atoms with Gasteiger partial charge in [0.2, 0.25) is 0 Å². The second-order valence-corrected chi connectivity index (χ2v) is 7.78. The van der Waals surface area contributed by atoms with Gasteiger partial charge >= 0.3 is 6.03 Å². The van der Waals surface area contributed by atoms with E-state index in [4.69, 9.17) is 4.74 Å². The van der Waals surface area contributed by atoms with E-state index in [2.05, 4.69) is 10.4 Å². The fraction of sp³-hybridized carbons (Fsp3) is 0.476. The Labute approximate surface area is 170 Å². The number of ether oxygens (including phenoxy) is 1. The summed E-state index contributed by atoms with van der Waals surface area (Å²) in [6.45, 7) is 5.93. The largest absolute Gasteiger partial charge is 0.491 e. The Bertz CT molecular complexity index is 938. The number of urea groups is 1. The number of aryl methyl sites for hydroxylation is 3. The molecule has 0 spiro atoms. The number of piperidine rings is 1. The van der Waals surface area contributed by atoms with Crippen molar-refractivity contribution in [3.63, 3.8) is 0 Å². The lowest BCUT2D eigenvalue weighted by Crippen LogP contribution is -2.55. The zero-order valence-electron chi connectivity index (χ0n) is 17.1. The first-order valence-corrected chi connectivity index (χ1v) is 10.0. The van der Waals surface area contributed by atoms with E-state index in [1.807, 2.05) is 45.2 Å². The van der Waals surface area contributed by atoms with Gasteiger partial charge in [0.1, 0.15) is 24.2 Å². The van der Waals surface area contributed by atoms with Gasteiger partial charge in [0.25, 0.3) is 5.91 Å². The SMILES string of the molecule is Cc1ccc2c(c1)CN(C(=O)NC1CCCN(c3cc(C)nn3C)C1=O)CCO2. The number of anilines is 1. The normalized spacial score (nSPS) is 19.4. The van der Waals surface area contributed by atoms with E-state index < -0.39 is 6.04 Å². The molecule has 4 rings (SSSR count). The number of carbonyl (C=O) groups excluding carboxylic acids is 2. The van der Waals surface area contributed by atoms with Gasteiger partial charge in [-0.1, -0.05) is 17.7 Å². The number of fused-ring (bicyclic) bond motifs is 1. The predicted octanol–water partition coefficient (Wildman–Crippen LogP) is 2.14. The summed E-state index contributed by atoms with van der Waals surface area (Å²) in [6, 6.07) is 7.12. The summed E-state index contributed by atoms with van der Waals surface area (Å²) in [5.41, 5.74) is 2.97. The maximum absolute atomic E-state index is 13.0. The molecule has 2 aromatic rings. The Kier molecular flexibility index (Phi) is 5.17. The molecule has 2 aliphatic heterocycles. The smallest absolute Gasteiger partial charge is 0.318 e. The number of carbonyl (C=O) groups is 2. The molecule has 1 aromatic carbocycles. The summed E-state index contributed by atoms with van der Waals surface area (Å²) in [4.78, 5) is 29.4. The van der Waals surface area contributed by atoms with Gasteiger partial charge in [-0.2, -0.15) is 5.10 Å². The maximum atomic E-state index is 13.0. The van der Waals surface area contributed by atoms with Gasteiger partial charge in [-0.15, -0.1) is 0 Å². The first kappa shape index (κ1) is 19.3. The molecule has 1 atom stereocenters. The number of amides is 3. The highest BCUT2D eigenvalue weighted by molar-refractivity contribution is 5.99. The third-order valence-electron chi connectivity index (χ3n) is 5.47. The number of nitrogens with zero attached hydrogens (tertiary/aromatic N) is 4. The van der Waals surface area contributed by atoms with Crippen LogP contribution in [-0.2, 0) is 18.4 Å². The van der Waals surface area contributed by atoms with E-state index in [0.29, 0.717) is 32.7 Å². The van der Waals surface area contributed by atoms with Gasteiger partial charge in [0, 0.05) is 25.2 Å². The molecular formula is C21H27N5O3. The zero-order valence-corrected chi connectivity index (χ0v) is 17.1. The van der Waals surface area contributed by atoms with Crippen molar-refractivity contribution in [3.8, 4) is 5.75 Å². The van der Waals surface area contributed by atoms with Crippen molar-refractivity contribution in [2.45, 2.75) is 39.3 Å². The molecule has 2 aliphatic rings. The number of nitrogens with one attached hydrogen (secondary N) is 1. The topological polar surface area (TPSA) is 79.7 Å². The Balaban J connectivity index is 1.46. The minimum absolute atomic E-state index is 0.0880. The number of hydrogen-bond acceptors (Lipinski definition) is 4. The molecule has 0 radical (unpaired) electrons. The van der Waals surface area contributed by atoms with Crippen LogP contribution in [0.1, 0.15) is 29.7 Å². The van der Waals surface area contributed by atoms with E-state index in [9.17, 15) is 9.59 Å². The van der Waals surface area contributed by atoms with Gasteiger partial charge in [0.15, 0.2) is 0 Å². The van der Waals surface area contributed by atoms with Crippen molar-refractivity contribution in [2.75, 3.05) is 24.6 Å². The molecular weight excluding hydrogens is 370 g/mol. The lowest BCUT2D eigenvalue weighted by Gasteiger charge is -2.33. The van der Waals surface area contributed by atoms with Crippen molar-refractivity contribution < 1.29 is 14.3 Å². The minimum Gasteiger partial charge on any atom is -0.491 e. The van der Waals surface area contributed by atoms with Crippen LogP contribution in [0.25, 0.3) is 0 Å². The van der Waals surface area contributed by atoms with E-state index in [1.54, 1.807) is 14.5 Å². The molecule has 1 aromatic heterocycles. The molecule has 1 unspecified atom stereocenters. The van der Waals surface area contributed by atoms with Crippen molar-refractivity contribution in [2.24, 2.45) is 7.05 Å². The van der Waals surface area contributed by atoms with Crippen molar-refractivity contribution >= 4 is 17.8 Å². The third-order valence-corrected chi connectivity index (χ3v) is 5.47. The molecule has 8 nitrogen and oxygen atoms in total. The van der Waals surface area contributed by atoms with Crippen molar-refractivity contribution in [1.29, 1.82) is 0 Å². The highest BCUT2D eigenvalue weighted by atomic mass is 16.5. The monoisotopic (exact) mass is 397 g/mol. The Hall–Kier alpha value is -3.03. The molecule has 1 N–H and O–H groups in total. The first-order valence-electron chi connectivity index (χ1n) is 10.0. The van der Waals surface area contributed by atoms with Crippen LogP contribution in [0.4, 0.5) is 10.6 Å². The van der Waals surface area contributed by atoms with Gasteiger partial charge in [-0.3, -0.25) is 14.4 Å². The van der Waals surface area contributed by atoms with Crippen LogP contribution in [-0.4, -0.2) is 52.4 Å². The quantitative estimate of drug-likeness (QED) is 0.842. The van der Waals surface area contributed by atoms with Gasteiger partial charge in [-0.25, -0.2) is 4.79 Å². The Morgan fingerprint density at radius 1 is 1.24 bits per heavy atom. The molecule has 0 aliphatic carbocycles. The summed E-state index contributed by atoms with van der Waals surface area (Å²) >= 11 is 0. The molecule has 1 fully saturated rings. The average molecular weight is 397 g/mol. The molecule has 1 saturated heterocycles. The summed E-state index contributed by atoms with van der Waals surface area (Å²) in [7, 11) is 1.83. The van der Waals surface area contributed by atoms with Crippen molar-refractivity contribution in [1.82, 2.24) is 20.0 Å². The van der Waals surface area contributed by atoms with E-state index >= 15 is 0 Å². The number of benzene rings is 1. The van der Waals surface area contributed by atoms with Gasteiger partial charge in [-0.05, 0) is 32.8 Å². The molecule has 0 bridgehead atoms. The Morgan fingerprint density at radius 3 is 2.83 bits per heavy atom. The van der Waals surface area contributed by atoms with Crippen LogP contribution in [0.5, 0.6) is 5.75 Å². The van der Waals surface area contributed by atoms with Gasteiger partial charge in [0.05, 0.1) is 18.8 Å². The standard InChI is InChI=1S/C21H27N5O3/c1-14-6-7-18-16(11-14)13-25(9-10-29-18)21(28)22-17-5-4-8-26(20(17)27)19-12-15(2)23-24(19)3/h6-7,11-12,17H,4-5,8-10,13H2,1-3H3,(H,22,28). The Morgan fingerprint density at radius 2 is 2.07 bits per heavy atom. The number of hydrogen-bond donors (Lipinski definition) is 1. The predicted molar refractivity (Wildman–Crippen MR) is 109 cm³/mol. The maximum Gasteiger partial charge on any atom is 0.318 e. The second-order valence-electron chi connectivity index (χ2n) is 7.78. The molecule has 8 heteroatoms. The van der Waals surface area contributed by atoms with E-state index in [0.717, 1.165) is 34.8 Å². The molecule has 154 valence electrons. The first-order chi connectivity index (χ1) is 13.9. The van der Waals surface area contributed by atoms with Crippen molar-refractivity contribution in [3.05, 3.63) is 41.1 Å². The highest BCUT2D eigenvalue weighted by Crippen LogP contribution is 2.25. The highest BCUT2D eigenvalue weighted by Gasteiger charge is 2.33. The van der Waals surface area contributed by atoms with Crippen LogP contribution < -0.4 is 15.0 Å². The lowest BCUT2D eigenvalue weighted by molar-refractivity contribution is -0.121. The van der Waals surface area contributed by atoms with Crippen LogP contribution in [0.15, 0.2) is 24.3 Å². The summed E-state index contributed by atoms with van der Waals surface area (Å²) in [6.07, 6.45) is 1.46. The number of rotatable bonds is 2. The van der Waals surface area contributed by atoms with Gasteiger partial charge < -0.3 is 15.0 Å². The van der Waals surface area contributed by atoms with Crippen LogP contribution >= 0.6 is 0 Å². The molecule has 29 heavy (non-hydrogen) atoms. The van der Waals surface area contributed by atoms with Crippen LogP contribution in [0.2, 0.25) is 0 Å². The van der Waals surface area contributed by atoms with Crippen LogP contribution in [0, 0.1) is 13.8 Å². The molecule has 3 amide bonds. The number of aromatic nitrogens is 2. The summed E-state index contributed by atoms with van der Waals surface area (Å²) in [5.74, 6) is 1.49. The minimum atomic E-state index is -0.535. The van der Waals surface area contributed by atoms with E-state index in [1.165, 1.54) is 0 Å². The third kappa shape index (κ3) is 3.92. The zero-order chi connectivity index (χ0) is 20.5. The molecule has 3 heterocycles. The van der Waals surface area contributed by atoms with Crippen LogP contribution in [0.3, 0.4) is 0 Å². The van der Waals surface area contributed by atoms with E-state index in [-0.39, 0.29) is 11.9 Å². The lowest BCUT2D eigenvalue weighted by atomic mass is 10.0. The second kappa shape index (κ2) is 7.77. The fourth-order valence-electron chi connectivity index (χ4n) is 4.02. The summed E-state index contributed by atoms with van der Waals surface area (Å²) in [5, 5.41) is 7.28. The average Bonchev–Trinajstić information content (AvgIpc) is 2.88. The summed E-state index contributed by atoms with van der Waals surface area (Å²) < 4.78 is 7.49.